The Kier molecular flexibility index (Phi) is 4.83. The number of nitrogens with zero attached hydrogens (tertiary/aromatic N) is 1. The van der Waals surface area contributed by atoms with Crippen LogP contribution >= 0.6 is 23.2 Å². The molecule has 0 bridgehead atoms. The SMILES string of the molecule is O=C(Cc1c(Cl)cccc1Cl)NN1CCOCC1. The third kappa shape index (κ3) is 3.59. The molecule has 1 saturated heterocycles. The standard InChI is InChI=1S/C12H14Cl2N2O2/c13-10-2-1-3-11(14)9(10)8-12(17)15-16-4-6-18-7-5-16/h1-3H,4-8H2,(H,15,17). The minimum Gasteiger partial charge on any atom is -0.379 e. The Morgan fingerprint density at radius 3 is 2.50 bits per heavy atom. The van der Waals surface area contributed by atoms with Gasteiger partial charge in [-0.15, -0.1) is 0 Å². The summed E-state index contributed by atoms with van der Waals surface area (Å²) in [6.45, 7) is 2.66. The van der Waals surface area contributed by atoms with Gasteiger partial charge in [0, 0.05) is 23.1 Å². The van der Waals surface area contributed by atoms with Gasteiger partial charge in [-0.2, -0.15) is 0 Å². The van der Waals surface area contributed by atoms with Crippen LogP contribution in [0, 0.1) is 0 Å². The van der Waals surface area contributed by atoms with Crippen molar-refractivity contribution < 1.29 is 9.53 Å². The van der Waals surface area contributed by atoms with E-state index in [9.17, 15) is 4.79 Å². The van der Waals surface area contributed by atoms with E-state index in [1.165, 1.54) is 0 Å². The molecule has 1 aromatic carbocycles. The van der Waals surface area contributed by atoms with Crippen molar-refractivity contribution in [3.05, 3.63) is 33.8 Å². The number of rotatable bonds is 3. The lowest BCUT2D eigenvalue weighted by atomic mass is 10.1. The highest BCUT2D eigenvalue weighted by Crippen LogP contribution is 2.24. The van der Waals surface area contributed by atoms with Crippen LogP contribution in [0.2, 0.25) is 10.0 Å². The molecule has 4 nitrogen and oxygen atoms in total. The Hall–Kier alpha value is -0.810. The molecule has 0 aliphatic carbocycles. The molecule has 1 aromatic rings. The maximum atomic E-state index is 11.9. The third-order valence-electron chi connectivity index (χ3n) is 2.69. The molecule has 6 heteroatoms. The zero-order valence-electron chi connectivity index (χ0n) is 9.79. The van der Waals surface area contributed by atoms with Crippen LogP contribution in [0.25, 0.3) is 0 Å². The fourth-order valence-corrected chi connectivity index (χ4v) is 2.28. The minimum absolute atomic E-state index is 0.119. The van der Waals surface area contributed by atoms with Gasteiger partial charge in [0.1, 0.15) is 0 Å². The second-order valence-corrected chi connectivity index (χ2v) is 4.83. The lowest BCUT2D eigenvalue weighted by molar-refractivity contribution is -0.127. The van der Waals surface area contributed by atoms with Crippen LogP contribution in [-0.2, 0) is 16.0 Å². The van der Waals surface area contributed by atoms with Crippen molar-refractivity contribution >= 4 is 29.1 Å². The predicted octanol–water partition coefficient (Wildman–Crippen LogP) is 1.90. The molecule has 1 amide bonds. The van der Waals surface area contributed by atoms with E-state index in [4.69, 9.17) is 27.9 Å². The van der Waals surface area contributed by atoms with Gasteiger partial charge in [0.25, 0.3) is 0 Å². The van der Waals surface area contributed by atoms with Crippen molar-refractivity contribution in [1.29, 1.82) is 0 Å². The summed E-state index contributed by atoms with van der Waals surface area (Å²) in [5.74, 6) is -0.119. The van der Waals surface area contributed by atoms with Crippen molar-refractivity contribution in [2.75, 3.05) is 26.3 Å². The lowest BCUT2D eigenvalue weighted by Gasteiger charge is -2.27. The highest BCUT2D eigenvalue weighted by atomic mass is 35.5. The largest absolute Gasteiger partial charge is 0.379 e. The van der Waals surface area contributed by atoms with E-state index in [2.05, 4.69) is 5.43 Å². The number of ether oxygens (including phenoxy) is 1. The van der Waals surface area contributed by atoms with Gasteiger partial charge in [-0.3, -0.25) is 10.2 Å². The van der Waals surface area contributed by atoms with Crippen LogP contribution < -0.4 is 5.43 Å². The highest BCUT2D eigenvalue weighted by Gasteiger charge is 2.15. The zero-order valence-corrected chi connectivity index (χ0v) is 11.3. The van der Waals surface area contributed by atoms with Gasteiger partial charge in [-0.05, 0) is 17.7 Å². The summed E-state index contributed by atoms with van der Waals surface area (Å²) in [6.07, 6.45) is 0.176. The number of carbonyl (C=O) groups is 1. The number of hydrogen-bond acceptors (Lipinski definition) is 3. The van der Waals surface area contributed by atoms with E-state index >= 15 is 0 Å². The van der Waals surface area contributed by atoms with Crippen LogP contribution in [0.5, 0.6) is 0 Å². The first-order valence-corrected chi connectivity index (χ1v) is 6.47. The molecule has 98 valence electrons. The predicted molar refractivity (Wildman–Crippen MR) is 70.7 cm³/mol. The van der Waals surface area contributed by atoms with Crippen LogP contribution in [0.1, 0.15) is 5.56 Å². The number of carbonyl (C=O) groups excluding carboxylic acids is 1. The summed E-state index contributed by atoms with van der Waals surface area (Å²) >= 11 is 12.0. The average Bonchev–Trinajstić information content (AvgIpc) is 2.35. The fourth-order valence-electron chi connectivity index (χ4n) is 1.75. The summed E-state index contributed by atoms with van der Waals surface area (Å²) in [5.41, 5.74) is 3.48. The van der Waals surface area contributed by atoms with E-state index in [1.54, 1.807) is 18.2 Å². The van der Waals surface area contributed by atoms with E-state index in [0.29, 0.717) is 41.9 Å². The first-order valence-electron chi connectivity index (χ1n) is 5.72. The first-order chi connectivity index (χ1) is 8.66. The Morgan fingerprint density at radius 1 is 1.28 bits per heavy atom. The molecule has 0 unspecified atom stereocenters. The van der Waals surface area contributed by atoms with Crippen molar-refractivity contribution in [1.82, 2.24) is 10.4 Å². The maximum Gasteiger partial charge on any atom is 0.238 e. The summed E-state index contributed by atoms with van der Waals surface area (Å²) in [4.78, 5) is 11.9. The second-order valence-electron chi connectivity index (χ2n) is 4.01. The average molecular weight is 289 g/mol. The van der Waals surface area contributed by atoms with Crippen LogP contribution in [0.3, 0.4) is 0 Å². The van der Waals surface area contributed by atoms with E-state index in [-0.39, 0.29) is 12.3 Å². The molecule has 0 saturated carbocycles. The summed E-state index contributed by atoms with van der Waals surface area (Å²) in [5, 5.41) is 2.87. The van der Waals surface area contributed by atoms with Crippen molar-refractivity contribution in [3.63, 3.8) is 0 Å². The smallest absolute Gasteiger partial charge is 0.238 e. The summed E-state index contributed by atoms with van der Waals surface area (Å²) in [6, 6.07) is 5.21. The van der Waals surface area contributed by atoms with E-state index < -0.39 is 0 Å². The van der Waals surface area contributed by atoms with E-state index in [0.717, 1.165) is 0 Å². The minimum atomic E-state index is -0.119. The molecule has 1 heterocycles. The topological polar surface area (TPSA) is 41.6 Å². The zero-order chi connectivity index (χ0) is 13.0. The summed E-state index contributed by atoms with van der Waals surface area (Å²) < 4.78 is 5.20. The number of hydrazine groups is 1. The quantitative estimate of drug-likeness (QED) is 0.924. The third-order valence-corrected chi connectivity index (χ3v) is 3.40. The van der Waals surface area contributed by atoms with Gasteiger partial charge in [-0.1, -0.05) is 29.3 Å². The van der Waals surface area contributed by atoms with E-state index in [1.807, 2.05) is 5.01 Å². The highest BCUT2D eigenvalue weighted by molar-refractivity contribution is 6.36. The molecule has 0 spiro atoms. The molecule has 1 N–H and O–H groups in total. The molecule has 0 atom stereocenters. The normalized spacial score (nSPS) is 16.6. The summed E-state index contributed by atoms with van der Waals surface area (Å²) in [7, 11) is 0. The van der Waals surface area contributed by atoms with Gasteiger partial charge >= 0.3 is 0 Å². The fraction of sp³-hybridized carbons (Fsp3) is 0.417. The molecular weight excluding hydrogens is 275 g/mol. The van der Waals surface area contributed by atoms with Crippen LogP contribution in [-0.4, -0.2) is 37.2 Å². The van der Waals surface area contributed by atoms with Crippen molar-refractivity contribution in [3.8, 4) is 0 Å². The van der Waals surface area contributed by atoms with Crippen LogP contribution in [0.4, 0.5) is 0 Å². The molecule has 1 aliphatic rings. The van der Waals surface area contributed by atoms with Crippen molar-refractivity contribution in [2.45, 2.75) is 6.42 Å². The van der Waals surface area contributed by atoms with Crippen LogP contribution in [0.15, 0.2) is 18.2 Å². The monoisotopic (exact) mass is 288 g/mol. The number of benzene rings is 1. The molecule has 1 fully saturated rings. The molecule has 2 rings (SSSR count). The molecule has 18 heavy (non-hydrogen) atoms. The Bertz CT molecular complexity index is 414. The Labute approximate surface area is 116 Å². The van der Waals surface area contributed by atoms with Gasteiger partial charge in [0.05, 0.1) is 19.6 Å². The molecule has 0 aromatic heterocycles. The molecule has 1 aliphatic heterocycles. The first kappa shape index (κ1) is 13.6. The van der Waals surface area contributed by atoms with Gasteiger partial charge in [0.2, 0.25) is 5.91 Å². The lowest BCUT2D eigenvalue weighted by Crippen LogP contribution is -2.48. The Morgan fingerprint density at radius 2 is 1.89 bits per heavy atom. The van der Waals surface area contributed by atoms with Crippen molar-refractivity contribution in [2.24, 2.45) is 0 Å². The number of amides is 1. The number of nitrogens with one attached hydrogen (secondary N) is 1. The second kappa shape index (κ2) is 6.38. The Balaban J connectivity index is 1.94. The number of halogens is 2. The number of hydrogen-bond donors (Lipinski definition) is 1. The molecular formula is C12H14Cl2N2O2. The van der Waals surface area contributed by atoms with Gasteiger partial charge in [-0.25, -0.2) is 5.01 Å². The van der Waals surface area contributed by atoms with Gasteiger partial charge in [0.15, 0.2) is 0 Å². The van der Waals surface area contributed by atoms with Gasteiger partial charge < -0.3 is 4.74 Å². The molecule has 0 radical (unpaired) electrons. The number of morpholine rings is 1. The maximum absolute atomic E-state index is 11.9.